The van der Waals surface area contributed by atoms with E-state index in [1.807, 2.05) is 10.3 Å². The first-order valence-electron chi connectivity index (χ1n) is 8.79. The monoisotopic (exact) mass is 423 g/mol. The number of thiophene rings is 1. The molecule has 0 bridgehead atoms. The van der Waals surface area contributed by atoms with Crippen LogP contribution in [0.15, 0.2) is 23.6 Å². The second-order valence-electron chi connectivity index (χ2n) is 6.80. The molecular formula is C19H16ClF2N3O2S. The topological polar surface area (TPSA) is 66.3 Å². The number of carboxylic acid groups (broad SMARTS) is 1. The number of benzene rings is 1. The van der Waals surface area contributed by atoms with Gasteiger partial charge >= 0.3 is 5.97 Å². The Morgan fingerprint density at radius 2 is 2.14 bits per heavy atom. The van der Waals surface area contributed by atoms with E-state index in [1.165, 1.54) is 11.3 Å². The van der Waals surface area contributed by atoms with Crippen molar-refractivity contribution in [3.05, 3.63) is 40.2 Å². The van der Waals surface area contributed by atoms with E-state index in [0.717, 1.165) is 36.2 Å². The quantitative estimate of drug-likeness (QED) is 0.599. The van der Waals surface area contributed by atoms with Crippen molar-refractivity contribution in [1.82, 2.24) is 9.97 Å². The summed E-state index contributed by atoms with van der Waals surface area (Å²) >= 11 is 7.12. The zero-order chi connectivity index (χ0) is 19.8. The molecule has 28 heavy (non-hydrogen) atoms. The number of carbonyl (C=O) groups is 1. The van der Waals surface area contributed by atoms with Crippen molar-refractivity contribution in [3.63, 3.8) is 0 Å². The second kappa shape index (κ2) is 7.60. The van der Waals surface area contributed by atoms with Crippen LogP contribution < -0.4 is 4.90 Å². The molecule has 1 aromatic carbocycles. The van der Waals surface area contributed by atoms with Gasteiger partial charge in [0.15, 0.2) is 11.6 Å². The Kier molecular flexibility index (Phi) is 5.16. The zero-order valence-corrected chi connectivity index (χ0v) is 16.2. The Hall–Kier alpha value is -2.32. The summed E-state index contributed by atoms with van der Waals surface area (Å²) in [5, 5.41) is 10.7. The van der Waals surface area contributed by atoms with Gasteiger partial charge in [-0.15, -0.1) is 11.3 Å². The van der Waals surface area contributed by atoms with Crippen molar-refractivity contribution in [2.75, 3.05) is 18.0 Å². The van der Waals surface area contributed by atoms with Crippen LogP contribution in [-0.2, 0) is 4.79 Å². The molecular weight excluding hydrogens is 408 g/mol. The Morgan fingerprint density at radius 3 is 2.93 bits per heavy atom. The van der Waals surface area contributed by atoms with Crippen molar-refractivity contribution in [1.29, 1.82) is 0 Å². The summed E-state index contributed by atoms with van der Waals surface area (Å²) in [6.45, 7) is 1.27. The van der Waals surface area contributed by atoms with Crippen LogP contribution >= 0.6 is 22.9 Å². The number of piperidine rings is 1. The molecule has 1 unspecified atom stereocenters. The molecule has 1 saturated heterocycles. The standard InChI is InChI=1S/C19H16ClF2N3O2S/c20-12-8-13(21)11(7-14(12)22)18-23-15-3-5-28-17(15)19(24-18)25-4-1-2-10(9-25)6-16(26)27/h3,5,7-8,10H,1-2,4,6,9H2,(H,26,27). The zero-order valence-electron chi connectivity index (χ0n) is 14.7. The van der Waals surface area contributed by atoms with E-state index < -0.39 is 17.6 Å². The largest absolute Gasteiger partial charge is 0.481 e. The molecule has 0 radical (unpaired) electrons. The molecule has 1 N–H and O–H groups in total. The molecule has 2 aromatic heterocycles. The first-order valence-corrected chi connectivity index (χ1v) is 10.0. The van der Waals surface area contributed by atoms with Gasteiger partial charge in [-0.1, -0.05) is 11.6 Å². The van der Waals surface area contributed by atoms with Gasteiger partial charge in [0.05, 0.1) is 20.8 Å². The van der Waals surface area contributed by atoms with E-state index in [9.17, 15) is 13.6 Å². The number of rotatable bonds is 4. The number of aromatic nitrogens is 2. The summed E-state index contributed by atoms with van der Waals surface area (Å²) < 4.78 is 29.2. The fourth-order valence-electron chi connectivity index (χ4n) is 3.55. The highest BCUT2D eigenvalue weighted by atomic mass is 35.5. The predicted molar refractivity (Wildman–Crippen MR) is 105 cm³/mol. The smallest absolute Gasteiger partial charge is 0.303 e. The van der Waals surface area contributed by atoms with Crippen LogP contribution in [-0.4, -0.2) is 34.1 Å². The lowest BCUT2D eigenvalue weighted by Gasteiger charge is -2.33. The third-order valence-corrected chi connectivity index (χ3v) is 6.01. The minimum atomic E-state index is -0.824. The Morgan fingerprint density at radius 1 is 1.32 bits per heavy atom. The molecule has 4 rings (SSSR count). The van der Waals surface area contributed by atoms with E-state index in [2.05, 4.69) is 9.97 Å². The first kappa shape index (κ1) is 19.0. The molecule has 1 aliphatic rings. The minimum absolute atomic E-state index is 0.0180. The molecule has 3 aromatic rings. The number of halogens is 3. The highest BCUT2D eigenvalue weighted by Gasteiger charge is 2.26. The van der Waals surface area contributed by atoms with Crippen molar-refractivity contribution < 1.29 is 18.7 Å². The second-order valence-corrected chi connectivity index (χ2v) is 8.13. The fourth-order valence-corrected chi connectivity index (χ4v) is 4.55. The lowest BCUT2D eigenvalue weighted by atomic mass is 9.95. The van der Waals surface area contributed by atoms with Gasteiger partial charge in [-0.25, -0.2) is 18.7 Å². The van der Waals surface area contributed by atoms with Gasteiger partial charge in [0, 0.05) is 19.5 Å². The van der Waals surface area contributed by atoms with Crippen LogP contribution in [0.4, 0.5) is 14.6 Å². The lowest BCUT2D eigenvalue weighted by molar-refractivity contribution is -0.138. The molecule has 0 amide bonds. The van der Waals surface area contributed by atoms with Crippen LogP contribution in [0, 0.1) is 17.6 Å². The van der Waals surface area contributed by atoms with Crippen molar-refractivity contribution in [3.8, 4) is 11.4 Å². The van der Waals surface area contributed by atoms with Gasteiger partial charge in [0.1, 0.15) is 11.6 Å². The minimum Gasteiger partial charge on any atom is -0.481 e. The number of carboxylic acids is 1. The predicted octanol–water partition coefficient (Wildman–Crippen LogP) is 4.98. The third-order valence-electron chi connectivity index (χ3n) is 4.82. The highest BCUT2D eigenvalue weighted by molar-refractivity contribution is 7.17. The van der Waals surface area contributed by atoms with Gasteiger partial charge in [0.2, 0.25) is 0 Å². The number of hydrogen-bond donors (Lipinski definition) is 1. The van der Waals surface area contributed by atoms with Gasteiger partial charge in [-0.2, -0.15) is 0 Å². The molecule has 5 nitrogen and oxygen atoms in total. The van der Waals surface area contributed by atoms with Gasteiger partial charge in [-0.3, -0.25) is 4.79 Å². The van der Waals surface area contributed by atoms with Crippen LogP contribution in [0.5, 0.6) is 0 Å². The van der Waals surface area contributed by atoms with Gasteiger partial charge < -0.3 is 10.0 Å². The van der Waals surface area contributed by atoms with Crippen molar-refractivity contribution in [2.45, 2.75) is 19.3 Å². The molecule has 0 saturated carbocycles. The molecule has 0 aliphatic carbocycles. The molecule has 3 heterocycles. The summed E-state index contributed by atoms with van der Waals surface area (Å²) in [4.78, 5) is 22.0. The highest BCUT2D eigenvalue weighted by Crippen LogP contribution is 2.35. The molecule has 1 fully saturated rings. The van der Waals surface area contributed by atoms with E-state index in [-0.39, 0.29) is 28.7 Å². The molecule has 0 spiro atoms. The number of fused-ring (bicyclic) bond motifs is 1. The van der Waals surface area contributed by atoms with E-state index in [1.54, 1.807) is 6.07 Å². The molecule has 9 heteroatoms. The number of hydrogen-bond acceptors (Lipinski definition) is 5. The summed E-state index contributed by atoms with van der Waals surface area (Å²) in [5.41, 5.74) is 0.579. The van der Waals surface area contributed by atoms with Gasteiger partial charge in [-0.05, 0) is 42.3 Å². The van der Waals surface area contributed by atoms with Crippen molar-refractivity contribution >= 4 is 44.9 Å². The van der Waals surface area contributed by atoms with Crippen LogP contribution in [0.3, 0.4) is 0 Å². The Labute approximate surface area is 168 Å². The maximum absolute atomic E-state index is 14.4. The maximum atomic E-state index is 14.4. The number of anilines is 1. The Balaban J connectivity index is 1.78. The number of aliphatic carboxylic acids is 1. The molecule has 1 atom stereocenters. The van der Waals surface area contributed by atoms with Gasteiger partial charge in [0.25, 0.3) is 0 Å². The maximum Gasteiger partial charge on any atom is 0.303 e. The van der Waals surface area contributed by atoms with Crippen molar-refractivity contribution in [2.24, 2.45) is 5.92 Å². The normalized spacial score (nSPS) is 17.2. The molecule has 1 aliphatic heterocycles. The summed E-state index contributed by atoms with van der Waals surface area (Å²) in [7, 11) is 0. The van der Waals surface area contributed by atoms with Crippen LogP contribution in [0.2, 0.25) is 5.02 Å². The molecule has 146 valence electrons. The average molecular weight is 424 g/mol. The van der Waals surface area contributed by atoms with E-state index in [0.29, 0.717) is 17.9 Å². The Bertz CT molecular complexity index is 1060. The van der Waals surface area contributed by atoms with E-state index >= 15 is 0 Å². The van der Waals surface area contributed by atoms with Crippen LogP contribution in [0.1, 0.15) is 19.3 Å². The first-order chi connectivity index (χ1) is 13.4. The van der Waals surface area contributed by atoms with E-state index in [4.69, 9.17) is 16.7 Å². The lowest BCUT2D eigenvalue weighted by Crippen LogP contribution is -2.37. The summed E-state index contributed by atoms with van der Waals surface area (Å²) in [6.07, 6.45) is 1.78. The third kappa shape index (κ3) is 3.66. The van der Waals surface area contributed by atoms with Crippen LogP contribution in [0.25, 0.3) is 21.6 Å². The summed E-state index contributed by atoms with van der Waals surface area (Å²) in [6, 6.07) is 3.72. The fraction of sp³-hybridized carbons (Fsp3) is 0.316. The summed E-state index contributed by atoms with van der Waals surface area (Å²) in [5.74, 6) is -1.55. The average Bonchev–Trinajstić information content (AvgIpc) is 3.12. The SMILES string of the molecule is O=C(O)CC1CCCN(c2nc(-c3cc(F)c(Cl)cc3F)nc3ccsc23)C1. The number of nitrogens with zero attached hydrogens (tertiary/aromatic N) is 3.